The van der Waals surface area contributed by atoms with Gasteiger partial charge in [0.15, 0.2) is 6.10 Å². The van der Waals surface area contributed by atoms with Crippen LogP contribution in [-0.4, -0.2) is 49.3 Å². The summed E-state index contributed by atoms with van der Waals surface area (Å²) in [5.74, 6) is -0.813. The molecule has 0 heterocycles. The lowest BCUT2D eigenvalue weighted by atomic mass is 10.0. The Bertz CT molecular complexity index is 815. The van der Waals surface area contributed by atoms with Gasteiger partial charge in [-0.3, -0.25) is 18.6 Å². The zero-order valence-electron chi connectivity index (χ0n) is 33.4. The summed E-state index contributed by atoms with van der Waals surface area (Å²) in [6, 6.07) is 0. The zero-order chi connectivity index (χ0) is 37.5. The number of carbonyl (C=O) groups excluding carboxylic acids is 2. The average Bonchev–Trinajstić information content (AvgIpc) is 3.11. The molecule has 10 heteroatoms. The molecule has 0 spiro atoms. The van der Waals surface area contributed by atoms with E-state index in [0.717, 1.165) is 32.1 Å². The smallest absolute Gasteiger partial charge is 0.462 e. The second-order valence-electron chi connectivity index (χ2n) is 14.6. The highest BCUT2D eigenvalue weighted by atomic mass is 31.2. The molecule has 0 saturated heterocycles. The summed E-state index contributed by atoms with van der Waals surface area (Å²) in [6.07, 6.45) is 37.0. The molecule has 1 unspecified atom stereocenters. The molecule has 0 aromatic heterocycles. The molecule has 0 aliphatic rings. The molecule has 51 heavy (non-hydrogen) atoms. The molecule has 0 radical (unpaired) electrons. The number of carbonyl (C=O) groups is 2. The minimum absolute atomic E-state index is 0.0580. The van der Waals surface area contributed by atoms with E-state index in [1.807, 2.05) is 0 Å². The van der Waals surface area contributed by atoms with Crippen molar-refractivity contribution < 1.29 is 37.6 Å². The van der Waals surface area contributed by atoms with Gasteiger partial charge in [-0.25, -0.2) is 4.57 Å². The summed E-state index contributed by atoms with van der Waals surface area (Å²) in [6.45, 7) is 3.77. The van der Waals surface area contributed by atoms with E-state index in [0.29, 0.717) is 6.42 Å². The highest BCUT2D eigenvalue weighted by Gasteiger charge is 2.26. The van der Waals surface area contributed by atoms with Crippen molar-refractivity contribution in [2.24, 2.45) is 5.73 Å². The lowest BCUT2D eigenvalue weighted by Crippen LogP contribution is -2.29. The Balaban J connectivity index is 4.11. The van der Waals surface area contributed by atoms with Gasteiger partial charge in [0.05, 0.1) is 13.2 Å². The van der Waals surface area contributed by atoms with Crippen LogP contribution in [-0.2, 0) is 32.7 Å². The molecule has 9 nitrogen and oxygen atoms in total. The molecule has 0 aliphatic carbocycles. The van der Waals surface area contributed by atoms with Gasteiger partial charge in [-0.1, -0.05) is 194 Å². The summed E-state index contributed by atoms with van der Waals surface area (Å²) < 4.78 is 32.8. The standard InChI is InChI=1S/C41H82NO8P/c1-3-5-7-9-11-13-15-17-19-20-22-24-26-28-30-32-34-41(44)50-39(38-49-51(45,46)48-36-35-42)37-47-40(43)33-31-29-27-25-23-21-18-16-14-12-10-8-6-4-2/h39H,3-38,42H2,1-2H3,(H,45,46)/t39-/m1/s1. The third kappa shape index (κ3) is 38.5. The van der Waals surface area contributed by atoms with Crippen LogP contribution >= 0.6 is 7.82 Å². The monoisotopic (exact) mass is 748 g/mol. The second-order valence-corrected chi connectivity index (χ2v) is 16.0. The number of esters is 2. The highest BCUT2D eigenvalue weighted by molar-refractivity contribution is 7.47. The van der Waals surface area contributed by atoms with Crippen LogP contribution in [0, 0.1) is 0 Å². The van der Waals surface area contributed by atoms with E-state index >= 15 is 0 Å². The van der Waals surface area contributed by atoms with Crippen LogP contribution in [0.3, 0.4) is 0 Å². The largest absolute Gasteiger partial charge is 0.472 e. The summed E-state index contributed by atoms with van der Waals surface area (Å²) in [5, 5.41) is 0. The van der Waals surface area contributed by atoms with E-state index in [1.165, 1.54) is 154 Å². The van der Waals surface area contributed by atoms with Gasteiger partial charge in [-0.05, 0) is 12.8 Å². The minimum Gasteiger partial charge on any atom is -0.462 e. The topological polar surface area (TPSA) is 134 Å². The Kier molecular flexibility index (Phi) is 38.0. The molecule has 0 rings (SSSR count). The number of phosphoric ester groups is 1. The Hall–Kier alpha value is -0.990. The Labute approximate surface area is 314 Å². The van der Waals surface area contributed by atoms with Crippen molar-refractivity contribution in [1.29, 1.82) is 0 Å². The molecular weight excluding hydrogens is 665 g/mol. The van der Waals surface area contributed by atoms with E-state index in [-0.39, 0.29) is 38.6 Å². The van der Waals surface area contributed by atoms with Crippen molar-refractivity contribution in [2.75, 3.05) is 26.4 Å². The van der Waals surface area contributed by atoms with Crippen LogP contribution in [0.2, 0.25) is 0 Å². The number of unbranched alkanes of at least 4 members (excludes halogenated alkanes) is 28. The molecule has 3 N–H and O–H groups in total. The average molecular weight is 748 g/mol. The third-order valence-corrected chi connectivity index (χ3v) is 10.5. The number of ether oxygens (including phenoxy) is 2. The molecule has 2 atom stereocenters. The predicted octanol–water partition coefficient (Wildman–Crippen LogP) is 12.1. The van der Waals surface area contributed by atoms with E-state index < -0.39 is 26.5 Å². The fourth-order valence-electron chi connectivity index (χ4n) is 6.28. The minimum atomic E-state index is -4.37. The van der Waals surface area contributed by atoms with Gasteiger partial charge in [0.25, 0.3) is 0 Å². The van der Waals surface area contributed by atoms with Crippen LogP contribution in [0.25, 0.3) is 0 Å². The van der Waals surface area contributed by atoms with Crippen LogP contribution in [0.1, 0.15) is 219 Å². The molecular formula is C41H82NO8P. The van der Waals surface area contributed by atoms with Crippen molar-refractivity contribution in [3.05, 3.63) is 0 Å². The number of nitrogens with two attached hydrogens (primary N) is 1. The lowest BCUT2D eigenvalue weighted by Gasteiger charge is -2.19. The Morgan fingerprint density at radius 3 is 1.20 bits per heavy atom. The number of rotatable bonds is 41. The van der Waals surface area contributed by atoms with Crippen molar-refractivity contribution in [1.82, 2.24) is 0 Å². The van der Waals surface area contributed by atoms with Gasteiger partial charge in [0, 0.05) is 19.4 Å². The van der Waals surface area contributed by atoms with Gasteiger partial charge < -0.3 is 20.1 Å². The fourth-order valence-corrected chi connectivity index (χ4v) is 7.05. The van der Waals surface area contributed by atoms with Gasteiger partial charge in [-0.2, -0.15) is 0 Å². The van der Waals surface area contributed by atoms with Crippen LogP contribution < -0.4 is 5.73 Å². The van der Waals surface area contributed by atoms with Crippen molar-refractivity contribution in [2.45, 2.75) is 225 Å². The molecule has 0 aromatic rings. The van der Waals surface area contributed by atoms with Gasteiger partial charge >= 0.3 is 19.8 Å². The molecule has 304 valence electrons. The summed E-state index contributed by atoms with van der Waals surface area (Å²) in [4.78, 5) is 34.8. The third-order valence-electron chi connectivity index (χ3n) is 9.49. The summed E-state index contributed by atoms with van der Waals surface area (Å²) >= 11 is 0. The molecule has 0 aromatic carbocycles. The number of phosphoric acid groups is 1. The quantitative estimate of drug-likeness (QED) is 0.0356. The predicted molar refractivity (Wildman–Crippen MR) is 211 cm³/mol. The van der Waals surface area contributed by atoms with Crippen molar-refractivity contribution in [3.8, 4) is 0 Å². The van der Waals surface area contributed by atoms with Gasteiger partial charge in [0.1, 0.15) is 6.61 Å². The normalized spacial score (nSPS) is 13.3. The van der Waals surface area contributed by atoms with Crippen LogP contribution in [0.4, 0.5) is 0 Å². The van der Waals surface area contributed by atoms with Crippen LogP contribution in [0.15, 0.2) is 0 Å². The van der Waals surface area contributed by atoms with E-state index in [1.54, 1.807) is 0 Å². The summed E-state index contributed by atoms with van der Waals surface area (Å²) in [7, 11) is -4.37. The maximum absolute atomic E-state index is 12.6. The van der Waals surface area contributed by atoms with Gasteiger partial charge in [-0.15, -0.1) is 0 Å². The highest BCUT2D eigenvalue weighted by Crippen LogP contribution is 2.43. The number of hydrogen-bond acceptors (Lipinski definition) is 8. The Morgan fingerprint density at radius 2 is 0.843 bits per heavy atom. The van der Waals surface area contributed by atoms with Crippen LogP contribution in [0.5, 0.6) is 0 Å². The first-order valence-electron chi connectivity index (χ1n) is 21.5. The van der Waals surface area contributed by atoms with E-state index in [4.69, 9.17) is 24.3 Å². The lowest BCUT2D eigenvalue weighted by molar-refractivity contribution is -0.161. The first-order chi connectivity index (χ1) is 24.8. The van der Waals surface area contributed by atoms with Crippen molar-refractivity contribution in [3.63, 3.8) is 0 Å². The van der Waals surface area contributed by atoms with E-state index in [9.17, 15) is 19.0 Å². The Morgan fingerprint density at radius 1 is 0.510 bits per heavy atom. The maximum atomic E-state index is 12.6. The first kappa shape index (κ1) is 50.0. The molecule has 0 saturated carbocycles. The first-order valence-corrected chi connectivity index (χ1v) is 23.0. The second kappa shape index (κ2) is 38.7. The SMILES string of the molecule is CCCCCCCCCCCCCCCCCCC(=O)O[C@H](COC(=O)CCCCCCCCCCCCCCCC)COP(=O)(O)OCCN. The summed E-state index contributed by atoms with van der Waals surface area (Å²) in [5.41, 5.74) is 5.34. The zero-order valence-corrected chi connectivity index (χ0v) is 34.3. The molecule has 0 amide bonds. The number of hydrogen-bond donors (Lipinski definition) is 2. The molecule has 0 aliphatic heterocycles. The molecule has 0 fully saturated rings. The molecule has 0 bridgehead atoms. The van der Waals surface area contributed by atoms with Gasteiger partial charge in [0.2, 0.25) is 0 Å². The maximum Gasteiger partial charge on any atom is 0.472 e. The fraction of sp³-hybridized carbons (Fsp3) is 0.951. The van der Waals surface area contributed by atoms with E-state index in [2.05, 4.69) is 13.8 Å². The van der Waals surface area contributed by atoms with Crippen molar-refractivity contribution >= 4 is 19.8 Å².